The predicted molar refractivity (Wildman–Crippen MR) is 86.0 cm³/mol. The van der Waals surface area contributed by atoms with Crippen molar-refractivity contribution >= 4 is 32.7 Å². The first-order valence-electron chi connectivity index (χ1n) is 6.24. The molecule has 0 aliphatic heterocycles. The molecule has 1 heterocycles. The van der Waals surface area contributed by atoms with Gasteiger partial charge in [-0.05, 0) is 50.2 Å². The summed E-state index contributed by atoms with van der Waals surface area (Å²) in [7, 11) is -3.22. The third kappa shape index (κ3) is 4.25. The normalized spacial score (nSPS) is 12.9. The van der Waals surface area contributed by atoms with Gasteiger partial charge in [-0.1, -0.05) is 0 Å². The Bertz CT molecular complexity index is 675. The van der Waals surface area contributed by atoms with Gasteiger partial charge >= 0.3 is 0 Å². The Morgan fingerprint density at radius 1 is 1.05 bits per heavy atom. The monoisotopic (exact) mass is 310 g/mol. The fourth-order valence-electron chi connectivity index (χ4n) is 1.86. The Morgan fingerprint density at radius 3 is 2.15 bits per heavy atom. The van der Waals surface area contributed by atoms with Crippen LogP contribution in [0.3, 0.4) is 0 Å². The lowest BCUT2D eigenvalue weighted by molar-refractivity contribution is 0.607. The number of nitrogens with one attached hydrogen (secondary N) is 2. The van der Waals surface area contributed by atoms with Crippen molar-refractivity contribution in [3.05, 3.63) is 46.2 Å². The van der Waals surface area contributed by atoms with Crippen LogP contribution < -0.4 is 10.0 Å². The zero-order valence-electron chi connectivity index (χ0n) is 11.7. The minimum Gasteiger partial charge on any atom is -0.378 e. The largest absolute Gasteiger partial charge is 0.378 e. The number of rotatable bonds is 5. The fourth-order valence-corrected chi connectivity index (χ4v) is 3.30. The van der Waals surface area contributed by atoms with Crippen LogP contribution >= 0.6 is 11.3 Å². The Labute approximate surface area is 123 Å². The second-order valence-electron chi connectivity index (χ2n) is 4.77. The van der Waals surface area contributed by atoms with Gasteiger partial charge in [0.15, 0.2) is 0 Å². The van der Waals surface area contributed by atoms with E-state index in [4.69, 9.17) is 0 Å². The standard InChI is InChI=1S/C14H18N2O2S2/c1-10-4-9-14(19-10)11(2)15-12-5-7-13(8-6-12)16-20(3,17)18/h4-9,11,15-16H,1-3H3. The molecule has 20 heavy (non-hydrogen) atoms. The van der Waals surface area contributed by atoms with E-state index in [0.717, 1.165) is 11.9 Å². The van der Waals surface area contributed by atoms with Gasteiger partial charge in [-0.25, -0.2) is 8.42 Å². The summed E-state index contributed by atoms with van der Waals surface area (Å²) in [6.45, 7) is 4.19. The summed E-state index contributed by atoms with van der Waals surface area (Å²) >= 11 is 1.77. The van der Waals surface area contributed by atoms with E-state index < -0.39 is 10.0 Å². The average Bonchev–Trinajstić information content (AvgIpc) is 2.77. The number of thiophene rings is 1. The van der Waals surface area contributed by atoms with Gasteiger partial charge in [0.1, 0.15) is 0 Å². The molecule has 2 rings (SSSR count). The SMILES string of the molecule is Cc1ccc(C(C)Nc2ccc(NS(C)(=O)=O)cc2)s1. The van der Waals surface area contributed by atoms with Gasteiger partial charge in [0.2, 0.25) is 10.0 Å². The molecule has 2 N–H and O–H groups in total. The van der Waals surface area contributed by atoms with Gasteiger partial charge in [-0.2, -0.15) is 0 Å². The molecular weight excluding hydrogens is 292 g/mol. The van der Waals surface area contributed by atoms with Gasteiger partial charge in [0.05, 0.1) is 12.3 Å². The average molecular weight is 310 g/mol. The number of hydrogen-bond donors (Lipinski definition) is 2. The molecule has 2 aromatic rings. The van der Waals surface area contributed by atoms with Gasteiger partial charge in [0.25, 0.3) is 0 Å². The molecular formula is C14H18N2O2S2. The summed E-state index contributed by atoms with van der Waals surface area (Å²) in [6, 6.07) is 11.7. The van der Waals surface area contributed by atoms with E-state index in [0.29, 0.717) is 5.69 Å². The molecule has 4 nitrogen and oxygen atoms in total. The van der Waals surface area contributed by atoms with Crippen molar-refractivity contribution in [3.63, 3.8) is 0 Å². The number of hydrogen-bond acceptors (Lipinski definition) is 4. The third-order valence-electron chi connectivity index (χ3n) is 2.76. The predicted octanol–water partition coefficient (Wildman–Crippen LogP) is 3.60. The quantitative estimate of drug-likeness (QED) is 0.887. The van der Waals surface area contributed by atoms with Crippen LogP contribution in [0.5, 0.6) is 0 Å². The van der Waals surface area contributed by atoms with Crippen molar-refractivity contribution in [3.8, 4) is 0 Å². The Hall–Kier alpha value is -1.53. The van der Waals surface area contributed by atoms with Crippen molar-refractivity contribution in [2.45, 2.75) is 19.9 Å². The van der Waals surface area contributed by atoms with E-state index >= 15 is 0 Å². The summed E-state index contributed by atoms with van der Waals surface area (Å²) in [6.07, 6.45) is 1.14. The van der Waals surface area contributed by atoms with Crippen LogP contribution in [0.4, 0.5) is 11.4 Å². The topological polar surface area (TPSA) is 58.2 Å². The van der Waals surface area contributed by atoms with Crippen LogP contribution in [-0.2, 0) is 10.0 Å². The second-order valence-corrected chi connectivity index (χ2v) is 7.83. The maximum Gasteiger partial charge on any atom is 0.229 e. The Balaban J connectivity index is 2.03. The molecule has 1 aromatic carbocycles. The third-order valence-corrected chi connectivity index (χ3v) is 4.55. The Morgan fingerprint density at radius 2 is 1.65 bits per heavy atom. The lowest BCUT2D eigenvalue weighted by Crippen LogP contribution is -2.09. The highest BCUT2D eigenvalue weighted by atomic mass is 32.2. The number of anilines is 2. The lowest BCUT2D eigenvalue weighted by Gasteiger charge is -2.14. The van der Waals surface area contributed by atoms with Crippen LogP contribution in [0, 0.1) is 6.92 Å². The number of aryl methyl sites for hydroxylation is 1. The summed E-state index contributed by atoms with van der Waals surface area (Å²) in [5.74, 6) is 0. The molecule has 0 aliphatic rings. The summed E-state index contributed by atoms with van der Waals surface area (Å²) in [5, 5.41) is 3.39. The molecule has 0 saturated carbocycles. The van der Waals surface area contributed by atoms with Crippen molar-refractivity contribution in [2.24, 2.45) is 0 Å². The minimum atomic E-state index is -3.22. The van der Waals surface area contributed by atoms with E-state index in [1.54, 1.807) is 23.5 Å². The zero-order valence-corrected chi connectivity index (χ0v) is 13.3. The molecule has 0 aliphatic carbocycles. The molecule has 108 valence electrons. The molecule has 0 saturated heterocycles. The molecule has 6 heteroatoms. The van der Waals surface area contributed by atoms with Crippen molar-refractivity contribution in [1.82, 2.24) is 0 Å². The molecule has 1 aromatic heterocycles. The first-order chi connectivity index (χ1) is 9.33. The fraction of sp³-hybridized carbons (Fsp3) is 0.286. The zero-order chi connectivity index (χ0) is 14.8. The van der Waals surface area contributed by atoms with Crippen LogP contribution in [0.15, 0.2) is 36.4 Å². The van der Waals surface area contributed by atoms with Gasteiger partial charge < -0.3 is 5.32 Å². The van der Waals surface area contributed by atoms with E-state index in [-0.39, 0.29) is 6.04 Å². The molecule has 1 atom stereocenters. The summed E-state index contributed by atoms with van der Waals surface area (Å²) in [5.41, 5.74) is 1.53. The van der Waals surface area contributed by atoms with Crippen LogP contribution in [0.1, 0.15) is 22.7 Å². The van der Waals surface area contributed by atoms with Gasteiger partial charge in [-0.15, -0.1) is 11.3 Å². The molecule has 0 spiro atoms. The van der Waals surface area contributed by atoms with Gasteiger partial charge in [0, 0.05) is 21.1 Å². The summed E-state index contributed by atoms with van der Waals surface area (Å²) in [4.78, 5) is 2.57. The number of benzene rings is 1. The van der Waals surface area contributed by atoms with Crippen LogP contribution in [0.2, 0.25) is 0 Å². The molecule has 0 amide bonds. The highest BCUT2D eigenvalue weighted by Gasteiger charge is 2.08. The summed E-state index contributed by atoms with van der Waals surface area (Å²) < 4.78 is 24.7. The second kappa shape index (κ2) is 5.85. The molecule has 0 radical (unpaired) electrons. The lowest BCUT2D eigenvalue weighted by atomic mass is 10.2. The maximum absolute atomic E-state index is 11.1. The minimum absolute atomic E-state index is 0.224. The van der Waals surface area contributed by atoms with E-state index in [1.165, 1.54) is 9.75 Å². The first kappa shape index (κ1) is 14.9. The van der Waals surface area contributed by atoms with Crippen LogP contribution in [-0.4, -0.2) is 14.7 Å². The van der Waals surface area contributed by atoms with E-state index in [9.17, 15) is 8.42 Å². The molecule has 1 unspecified atom stereocenters. The van der Waals surface area contributed by atoms with Crippen molar-refractivity contribution < 1.29 is 8.42 Å². The molecule has 0 bridgehead atoms. The van der Waals surface area contributed by atoms with E-state index in [1.807, 2.05) is 12.1 Å². The van der Waals surface area contributed by atoms with Crippen molar-refractivity contribution in [2.75, 3.05) is 16.3 Å². The van der Waals surface area contributed by atoms with E-state index in [2.05, 4.69) is 36.0 Å². The molecule has 0 fully saturated rings. The van der Waals surface area contributed by atoms with Gasteiger partial charge in [-0.3, -0.25) is 4.72 Å². The highest BCUT2D eigenvalue weighted by molar-refractivity contribution is 7.92. The highest BCUT2D eigenvalue weighted by Crippen LogP contribution is 2.26. The smallest absolute Gasteiger partial charge is 0.229 e. The first-order valence-corrected chi connectivity index (χ1v) is 8.95. The van der Waals surface area contributed by atoms with Crippen molar-refractivity contribution in [1.29, 1.82) is 0 Å². The Kier molecular flexibility index (Phi) is 4.35. The van der Waals surface area contributed by atoms with Crippen LogP contribution in [0.25, 0.3) is 0 Å². The maximum atomic E-state index is 11.1. The number of sulfonamides is 1.